The summed E-state index contributed by atoms with van der Waals surface area (Å²) in [6, 6.07) is 14.7. The van der Waals surface area contributed by atoms with Crippen LogP contribution in [0.1, 0.15) is 44.2 Å². The number of piperazine rings is 1. The van der Waals surface area contributed by atoms with E-state index in [9.17, 15) is 4.79 Å². The van der Waals surface area contributed by atoms with Gasteiger partial charge in [0.1, 0.15) is 5.75 Å². The van der Waals surface area contributed by atoms with Crippen molar-refractivity contribution in [3.8, 4) is 5.75 Å². The van der Waals surface area contributed by atoms with Crippen LogP contribution in [0.25, 0.3) is 0 Å². The highest BCUT2D eigenvalue weighted by molar-refractivity contribution is 5.97. The summed E-state index contributed by atoms with van der Waals surface area (Å²) < 4.78 is 5.26. The molecule has 2 aromatic carbocycles. The maximum absolute atomic E-state index is 13.5. The molecule has 4 rings (SSSR count). The normalized spacial score (nSPS) is 20.3. The smallest absolute Gasteiger partial charge is 0.241 e. The molecular weight excluding hydrogens is 422 g/mol. The number of aryl methyl sites for hydroxylation is 1. The van der Waals surface area contributed by atoms with Crippen molar-refractivity contribution >= 4 is 29.7 Å². The highest BCUT2D eigenvalue weighted by Crippen LogP contribution is 2.43. The third kappa shape index (κ3) is 4.89. The first-order valence-electron chi connectivity index (χ1n) is 11.3. The van der Waals surface area contributed by atoms with Crippen LogP contribution in [0.15, 0.2) is 42.5 Å². The van der Waals surface area contributed by atoms with E-state index in [1.807, 2.05) is 12.1 Å². The molecule has 5 nitrogen and oxygen atoms in total. The van der Waals surface area contributed by atoms with Crippen molar-refractivity contribution in [2.45, 2.75) is 45.6 Å². The first-order chi connectivity index (χ1) is 14.8. The Labute approximate surface area is 198 Å². The van der Waals surface area contributed by atoms with Gasteiger partial charge in [0.25, 0.3) is 0 Å². The van der Waals surface area contributed by atoms with Gasteiger partial charge in [0.2, 0.25) is 5.91 Å². The van der Waals surface area contributed by atoms with E-state index in [1.165, 1.54) is 16.8 Å². The van der Waals surface area contributed by atoms with E-state index in [1.54, 1.807) is 7.11 Å². The van der Waals surface area contributed by atoms with Crippen LogP contribution in [-0.4, -0.2) is 56.2 Å². The maximum atomic E-state index is 13.5. The Morgan fingerprint density at radius 1 is 1.06 bits per heavy atom. The number of benzene rings is 2. The maximum Gasteiger partial charge on any atom is 0.241 e. The van der Waals surface area contributed by atoms with Crippen molar-refractivity contribution in [2.24, 2.45) is 0 Å². The average Bonchev–Trinajstić information content (AvgIpc) is 2.74. The lowest BCUT2D eigenvalue weighted by molar-refractivity contribution is -0.121. The number of hydrogen-bond acceptors (Lipinski definition) is 4. The standard InChI is InChI=1S/C26H35N3O2.ClH/c1-19-6-11-24-23(16-19)20(2)17-26(3,4)29(24)25(30)18-27-12-14-28(15-13-27)21-7-9-22(31-5)10-8-21;/h6-11,16,20H,12-15,17-18H2,1-5H3;1H. The largest absolute Gasteiger partial charge is 0.497 e. The Morgan fingerprint density at radius 2 is 1.72 bits per heavy atom. The van der Waals surface area contributed by atoms with Gasteiger partial charge in [0, 0.05) is 43.1 Å². The molecule has 1 amide bonds. The topological polar surface area (TPSA) is 36.0 Å². The number of hydrogen-bond donors (Lipinski definition) is 0. The van der Waals surface area contributed by atoms with Gasteiger partial charge in [-0.05, 0) is 69.0 Å². The number of nitrogens with zero attached hydrogens (tertiary/aromatic N) is 3. The fraction of sp³-hybridized carbons (Fsp3) is 0.500. The minimum absolute atomic E-state index is 0. The Bertz CT molecular complexity index is 937. The van der Waals surface area contributed by atoms with Crippen LogP contribution in [-0.2, 0) is 4.79 Å². The van der Waals surface area contributed by atoms with Gasteiger partial charge in [-0.25, -0.2) is 0 Å². The van der Waals surface area contributed by atoms with Gasteiger partial charge >= 0.3 is 0 Å². The SMILES string of the molecule is COc1ccc(N2CCN(CC(=O)N3c4ccc(C)cc4C(C)CC3(C)C)CC2)cc1.Cl. The molecule has 174 valence electrons. The van der Waals surface area contributed by atoms with Crippen LogP contribution < -0.4 is 14.5 Å². The van der Waals surface area contributed by atoms with Crippen LogP contribution in [0.4, 0.5) is 11.4 Å². The summed E-state index contributed by atoms with van der Waals surface area (Å²) in [6.45, 7) is 12.9. The summed E-state index contributed by atoms with van der Waals surface area (Å²) >= 11 is 0. The predicted octanol–water partition coefficient (Wildman–Crippen LogP) is 4.87. The molecule has 1 atom stereocenters. The summed E-state index contributed by atoms with van der Waals surface area (Å²) in [4.78, 5) is 20.3. The van der Waals surface area contributed by atoms with Crippen LogP contribution in [0.2, 0.25) is 0 Å². The van der Waals surface area contributed by atoms with Crippen molar-refractivity contribution in [2.75, 3.05) is 49.6 Å². The van der Waals surface area contributed by atoms with Gasteiger partial charge in [0.05, 0.1) is 13.7 Å². The molecule has 0 N–H and O–H groups in total. The molecule has 2 aliphatic heterocycles. The summed E-state index contributed by atoms with van der Waals surface area (Å²) in [6.07, 6.45) is 0.987. The molecule has 1 fully saturated rings. The molecule has 0 bridgehead atoms. The molecule has 0 aromatic heterocycles. The van der Waals surface area contributed by atoms with Crippen molar-refractivity contribution in [1.29, 1.82) is 0 Å². The van der Waals surface area contributed by atoms with E-state index in [0.29, 0.717) is 12.5 Å². The van der Waals surface area contributed by atoms with Crippen molar-refractivity contribution in [1.82, 2.24) is 4.90 Å². The fourth-order valence-electron chi connectivity index (χ4n) is 5.24. The molecule has 0 saturated carbocycles. The zero-order chi connectivity index (χ0) is 22.2. The monoisotopic (exact) mass is 457 g/mol. The second kappa shape index (κ2) is 9.72. The number of halogens is 1. The molecule has 1 unspecified atom stereocenters. The fourth-order valence-corrected chi connectivity index (χ4v) is 5.24. The highest BCUT2D eigenvalue weighted by Gasteiger charge is 2.40. The summed E-state index contributed by atoms with van der Waals surface area (Å²) in [7, 11) is 1.69. The zero-order valence-corrected chi connectivity index (χ0v) is 20.7. The number of ether oxygens (including phenoxy) is 1. The van der Waals surface area contributed by atoms with E-state index in [2.05, 4.69) is 72.7 Å². The third-order valence-electron chi connectivity index (χ3n) is 6.78. The van der Waals surface area contributed by atoms with Gasteiger partial charge < -0.3 is 14.5 Å². The van der Waals surface area contributed by atoms with E-state index in [-0.39, 0.29) is 23.9 Å². The lowest BCUT2D eigenvalue weighted by Crippen LogP contribution is -2.56. The Kier molecular flexibility index (Phi) is 7.41. The van der Waals surface area contributed by atoms with Crippen LogP contribution in [0.5, 0.6) is 5.75 Å². The molecule has 6 heteroatoms. The Balaban J connectivity index is 0.00000289. The van der Waals surface area contributed by atoms with Crippen LogP contribution in [0, 0.1) is 6.92 Å². The number of carbonyl (C=O) groups excluding carboxylic acids is 1. The predicted molar refractivity (Wildman–Crippen MR) is 135 cm³/mol. The van der Waals surface area contributed by atoms with Crippen LogP contribution >= 0.6 is 12.4 Å². The summed E-state index contributed by atoms with van der Waals surface area (Å²) in [5.41, 5.74) is 4.69. The minimum atomic E-state index is -0.177. The Morgan fingerprint density at radius 3 is 2.34 bits per heavy atom. The number of methoxy groups -OCH3 is 1. The molecular formula is C26H36ClN3O2. The highest BCUT2D eigenvalue weighted by atomic mass is 35.5. The van der Waals surface area contributed by atoms with Gasteiger partial charge in [-0.15, -0.1) is 12.4 Å². The van der Waals surface area contributed by atoms with Gasteiger partial charge in [0.15, 0.2) is 0 Å². The number of rotatable bonds is 4. The van der Waals surface area contributed by atoms with Crippen LogP contribution in [0.3, 0.4) is 0 Å². The van der Waals surface area contributed by atoms with E-state index < -0.39 is 0 Å². The first kappa shape index (κ1) is 24.4. The first-order valence-corrected chi connectivity index (χ1v) is 11.3. The summed E-state index contributed by atoms with van der Waals surface area (Å²) in [5, 5.41) is 0. The second-order valence-electron chi connectivity index (χ2n) is 9.67. The van der Waals surface area contributed by atoms with E-state index >= 15 is 0 Å². The zero-order valence-electron chi connectivity index (χ0n) is 19.9. The number of anilines is 2. The number of amides is 1. The third-order valence-corrected chi connectivity index (χ3v) is 6.78. The average molecular weight is 458 g/mol. The number of carbonyl (C=O) groups is 1. The van der Waals surface area contributed by atoms with E-state index in [4.69, 9.17) is 4.74 Å². The Hall–Kier alpha value is -2.24. The number of fused-ring (bicyclic) bond motifs is 1. The molecule has 2 aliphatic rings. The molecule has 2 aromatic rings. The molecule has 1 saturated heterocycles. The van der Waals surface area contributed by atoms with Crippen molar-refractivity contribution in [3.05, 3.63) is 53.6 Å². The minimum Gasteiger partial charge on any atom is -0.497 e. The molecule has 0 radical (unpaired) electrons. The van der Waals surface area contributed by atoms with Crippen molar-refractivity contribution in [3.63, 3.8) is 0 Å². The molecule has 0 aliphatic carbocycles. The second-order valence-corrected chi connectivity index (χ2v) is 9.67. The van der Waals surface area contributed by atoms with Crippen molar-refractivity contribution < 1.29 is 9.53 Å². The lowest BCUT2D eigenvalue weighted by Gasteiger charge is -2.47. The van der Waals surface area contributed by atoms with Gasteiger partial charge in [-0.3, -0.25) is 9.69 Å². The molecule has 32 heavy (non-hydrogen) atoms. The molecule has 2 heterocycles. The lowest BCUT2D eigenvalue weighted by atomic mass is 9.79. The van der Waals surface area contributed by atoms with Gasteiger partial charge in [-0.2, -0.15) is 0 Å². The molecule has 0 spiro atoms. The van der Waals surface area contributed by atoms with E-state index in [0.717, 1.165) is 44.0 Å². The quantitative estimate of drug-likeness (QED) is 0.656. The van der Waals surface area contributed by atoms with Gasteiger partial charge in [-0.1, -0.05) is 24.6 Å². The summed E-state index contributed by atoms with van der Waals surface area (Å²) in [5.74, 6) is 1.55.